The number of aryl methyl sites for hydroxylation is 1. The molecule has 2 aromatic rings. The molecule has 0 aliphatic heterocycles. The summed E-state index contributed by atoms with van der Waals surface area (Å²) in [5.41, 5.74) is 2.34. The van der Waals surface area contributed by atoms with Crippen LogP contribution in [0.5, 0.6) is 0 Å². The fourth-order valence-electron chi connectivity index (χ4n) is 1.28. The molecule has 0 atom stereocenters. The lowest BCUT2D eigenvalue weighted by atomic mass is 10.1. The van der Waals surface area contributed by atoms with Gasteiger partial charge in [-0.1, -0.05) is 0 Å². The van der Waals surface area contributed by atoms with Gasteiger partial charge >= 0.3 is 0 Å². The van der Waals surface area contributed by atoms with Gasteiger partial charge in [-0.25, -0.2) is 0 Å². The van der Waals surface area contributed by atoms with Crippen LogP contribution in [0.4, 0.5) is 0 Å². The Morgan fingerprint density at radius 1 is 1.54 bits per heavy atom. The van der Waals surface area contributed by atoms with E-state index in [4.69, 9.17) is 9.68 Å². The third kappa shape index (κ3) is 1.13. The van der Waals surface area contributed by atoms with E-state index in [1.165, 1.54) is 0 Å². The van der Waals surface area contributed by atoms with Crippen molar-refractivity contribution in [2.45, 2.75) is 6.92 Å². The molecule has 0 unspecified atom stereocenters. The lowest BCUT2D eigenvalue weighted by Gasteiger charge is -1.92. The van der Waals surface area contributed by atoms with E-state index in [-0.39, 0.29) is 0 Å². The minimum absolute atomic E-state index is 0.648. The monoisotopic (exact) mass is 172 g/mol. The Bertz CT molecular complexity index is 446. The number of nitrogens with zero attached hydrogens (tertiary/aromatic N) is 1. The van der Waals surface area contributed by atoms with Crippen molar-refractivity contribution in [2.24, 2.45) is 0 Å². The lowest BCUT2D eigenvalue weighted by Crippen LogP contribution is -1.78. The van der Waals surface area contributed by atoms with Crippen LogP contribution < -0.4 is 0 Å². The summed E-state index contributed by atoms with van der Waals surface area (Å²) in [6.45, 7) is 1.89. The Morgan fingerprint density at radius 3 is 3.00 bits per heavy atom. The van der Waals surface area contributed by atoms with Gasteiger partial charge < -0.3 is 9.40 Å². The highest BCUT2D eigenvalue weighted by Crippen LogP contribution is 2.24. The highest BCUT2D eigenvalue weighted by atomic mass is 16.3. The van der Waals surface area contributed by atoms with E-state index in [0.29, 0.717) is 11.3 Å². The molecule has 0 aliphatic carbocycles. The van der Waals surface area contributed by atoms with E-state index < -0.39 is 0 Å². The van der Waals surface area contributed by atoms with E-state index in [9.17, 15) is 0 Å². The molecule has 1 N–H and O–H groups in total. The van der Waals surface area contributed by atoms with Crippen molar-refractivity contribution < 1.29 is 4.42 Å². The summed E-state index contributed by atoms with van der Waals surface area (Å²) in [7, 11) is 0. The minimum Gasteiger partial charge on any atom is -0.463 e. The van der Waals surface area contributed by atoms with Crippen LogP contribution in [0.15, 0.2) is 29.0 Å². The fourth-order valence-corrected chi connectivity index (χ4v) is 1.28. The first kappa shape index (κ1) is 7.69. The quantitative estimate of drug-likeness (QED) is 0.718. The van der Waals surface area contributed by atoms with Gasteiger partial charge in [0.05, 0.1) is 17.5 Å². The molecule has 0 saturated carbocycles. The van der Waals surface area contributed by atoms with Crippen LogP contribution in [0.1, 0.15) is 11.1 Å². The van der Waals surface area contributed by atoms with E-state index >= 15 is 0 Å². The molecule has 3 nitrogen and oxygen atoms in total. The predicted octanol–water partition coefficient (Wildman–Crippen LogP) is 2.45. The van der Waals surface area contributed by atoms with Crippen LogP contribution in [0.3, 0.4) is 0 Å². The van der Waals surface area contributed by atoms with Crippen LogP contribution in [0.25, 0.3) is 11.5 Å². The first-order chi connectivity index (χ1) is 6.33. The van der Waals surface area contributed by atoms with Crippen molar-refractivity contribution in [1.29, 1.82) is 5.26 Å². The molecule has 0 aromatic carbocycles. The Kier molecular flexibility index (Phi) is 1.67. The highest BCUT2D eigenvalue weighted by Gasteiger charge is 2.10. The van der Waals surface area contributed by atoms with Gasteiger partial charge in [-0.3, -0.25) is 0 Å². The fraction of sp³-hybridized carbons (Fsp3) is 0.100. The number of aromatic amines is 1. The van der Waals surface area contributed by atoms with Crippen molar-refractivity contribution in [3.8, 4) is 17.5 Å². The molecule has 0 amide bonds. The maximum atomic E-state index is 8.88. The number of rotatable bonds is 1. The molecule has 0 radical (unpaired) electrons. The van der Waals surface area contributed by atoms with Crippen LogP contribution in [0.2, 0.25) is 0 Å². The van der Waals surface area contributed by atoms with Crippen molar-refractivity contribution in [3.05, 3.63) is 35.7 Å². The van der Waals surface area contributed by atoms with Crippen molar-refractivity contribution >= 4 is 0 Å². The molecule has 0 spiro atoms. The first-order valence-corrected chi connectivity index (χ1v) is 3.95. The van der Waals surface area contributed by atoms with E-state index in [1.54, 1.807) is 18.5 Å². The molecule has 3 heteroatoms. The summed E-state index contributed by atoms with van der Waals surface area (Å²) >= 11 is 0. The average Bonchev–Trinajstić information content (AvgIpc) is 2.71. The maximum absolute atomic E-state index is 8.88. The smallest absolute Gasteiger partial charge is 0.151 e. The first-order valence-electron chi connectivity index (χ1n) is 3.95. The average molecular weight is 172 g/mol. The van der Waals surface area contributed by atoms with Crippen LogP contribution in [0, 0.1) is 18.3 Å². The van der Waals surface area contributed by atoms with Gasteiger partial charge in [0.2, 0.25) is 0 Å². The van der Waals surface area contributed by atoms with E-state index in [1.807, 2.05) is 13.0 Å². The van der Waals surface area contributed by atoms with Gasteiger partial charge in [0.15, 0.2) is 5.76 Å². The molecule has 2 rings (SSSR count). The Hall–Kier alpha value is -1.95. The van der Waals surface area contributed by atoms with Gasteiger partial charge in [0.25, 0.3) is 0 Å². The summed E-state index contributed by atoms with van der Waals surface area (Å²) in [4.78, 5) is 3.01. The van der Waals surface area contributed by atoms with Gasteiger partial charge in [-0.2, -0.15) is 5.26 Å². The summed E-state index contributed by atoms with van der Waals surface area (Å²) in [5, 5.41) is 8.88. The van der Waals surface area contributed by atoms with E-state index in [2.05, 4.69) is 11.1 Å². The number of aromatic nitrogens is 1. The van der Waals surface area contributed by atoms with E-state index in [0.717, 1.165) is 11.3 Å². The summed E-state index contributed by atoms with van der Waals surface area (Å²) in [5.74, 6) is 0.699. The zero-order valence-corrected chi connectivity index (χ0v) is 7.16. The number of furan rings is 1. The third-order valence-electron chi connectivity index (χ3n) is 1.96. The summed E-state index contributed by atoms with van der Waals surface area (Å²) in [6, 6.07) is 5.76. The van der Waals surface area contributed by atoms with Crippen LogP contribution in [-0.2, 0) is 0 Å². The predicted molar refractivity (Wildman–Crippen MR) is 47.9 cm³/mol. The molecular weight excluding hydrogens is 164 g/mol. The lowest BCUT2D eigenvalue weighted by molar-refractivity contribution is 0.580. The van der Waals surface area contributed by atoms with Gasteiger partial charge in [-0.05, 0) is 24.6 Å². The van der Waals surface area contributed by atoms with Crippen molar-refractivity contribution in [3.63, 3.8) is 0 Å². The number of nitriles is 1. The Labute approximate surface area is 75.6 Å². The highest BCUT2D eigenvalue weighted by molar-refractivity contribution is 5.64. The molecule has 0 aliphatic rings. The second-order valence-electron chi connectivity index (χ2n) is 2.81. The second-order valence-corrected chi connectivity index (χ2v) is 2.81. The SMILES string of the molecule is Cc1c[nH]c(-c2ccco2)c1C#N. The number of hydrogen-bond acceptors (Lipinski definition) is 2. The molecule has 2 aromatic heterocycles. The minimum atomic E-state index is 0.648. The largest absolute Gasteiger partial charge is 0.463 e. The Morgan fingerprint density at radius 2 is 2.38 bits per heavy atom. The zero-order valence-electron chi connectivity index (χ0n) is 7.16. The zero-order chi connectivity index (χ0) is 9.26. The second kappa shape index (κ2) is 2.83. The number of nitrogens with one attached hydrogen (secondary N) is 1. The van der Waals surface area contributed by atoms with Gasteiger partial charge in [0, 0.05) is 6.20 Å². The summed E-state index contributed by atoms with van der Waals surface area (Å²) < 4.78 is 5.19. The molecule has 64 valence electrons. The van der Waals surface area contributed by atoms with Crippen LogP contribution in [-0.4, -0.2) is 4.98 Å². The van der Waals surface area contributed by atoms with Gasteiger partial charge in [0.1, 0.15) is 6.07 Å². The standard InChI is InChI=1S/C10H8N2O/c1-7-6-12-10(8(7)5-11)9-3-2-4-13-9/h2-4,6,12H,1H3. The molecule has 13 heavy (non-hydrogen) atoms. The van der Waals surface area contributed by atoms with Crippen LogP contribution >= 0.6 is 0 Å². The number of hydrogen-bond donors (Lipinski definition) is 1. The normalized spacial score (nSPS) is 9.85. The third-order valence-corrected chi connectivity index (χ3v) is 1.96. The van der Waals surface area contributed by atoms with Crippen molar-refractivity contribution in [1.82, 2.24) is 4.98 Å². The Balaban J connectivity index is 2.60. The molecule has 0 saturated heterocycles. The van der Waals surface area contributed by atoms with Crippen molar-refractivity contribution in [2.75, 3.05) is 0 Å². The number of H-pyrrole nitrogens is 1. The topological polar surface area (TPSA) is 52.7 Å². The molecule has 0 fully saturated rings. The molecular formula is C10H8N2O. The summed E-state index contributed by atoms with van der Waals surface area (Å²) in [6.07, 6.45) is 3.39. The molecule has 0 bridgehead atoms. The molecule has 2 heterocycles. The maximum Gasteiger partial charge on any atom is 0.151 e. The van der Waals surface area contributed by atoms with Gasteiger partial charge in [-0.15, -0.1) is 0 Å².